The van der Waals surface area contributed by atoms with E-state index < -0.39 is 0 Å². The van der Waals surface area contributed by atoms with Gasteiger partial charge in [-0.05, 0) is 51.3 Å². The quantitative estimate of drug-likeness (QED) is 0.773. The number of nitrogens with zero attached hydrogens (tertiary/aromatic N) is 3. The molecule has 0 spiro atoms. The van der Waals surface area contributed by atoms with Gasteiger partial charge in [0, 0.05) is 44.8 Å². The number of hydrogen-bond donors (Lipinski definition) is 0. The lowest BCUT2D eigenvalue weighted by Gasteiger charge is -2.37. The third kappa shape index (κ3) is 4.75. The molecule has 2 aliphatic heterocycles. The zero-order valence-corrected chi connectivity index (χ0v) is 15.8. The lowest BCUT2D eigenvalue weighted by atomic mass is 10.0. The van der Waals surface area contributed by atoms with Crippen molar-refractivity contribution >= 4 is 17.9 Å². The number of hydrogen-bond acceptors (Lipinski definition) is 4. The van der Waals surface area contributed by atoms with Crippen molar-refractivity contribution in [3.05, 3.63) is 29.7 Å². The predicted octanol–water partition coefficient (Wildman–Crippen LogP) is 2.15. The van der Waals surface area contributed by atoms with Crippen LogP contribution in [0, 0.1) is 6.92 Å². The van der Waals surface area contributed by atoms with Crippen LogP contribution in [0.2, 0.25) is 0 Å². The zero-order valence-electron chi connectivity index (χ0n) is 15.8. The van der Waals surface area contributed by atoms with Crippen LogP contribution in [0.25, 0.3) is 6.08 Å². The number of carbonyl (C=O) groups excluding carboxylic acids is 2. The molecule has 1 aromatic heterocycles. The second kappa shape index (κ2) is 8.54. The Hall–Kier alpha value is -2.08. The summed E-state index contributed by atoms with van der Waals surface area (Å²) >= 11 is 0. The molecule has 0 N–H and O–H groups in total. The Balaban J connectivity index is 1.44. The summed E-state index contributed by atoms with van der Waals surface area (Å²) in [4.78, 5) is 30.8. The highest BCUT2D eigenvalue weighted by atomic mass is 16.3. The van der Waals surface area contributed by atoms with Crippen LogP contribution in [-0.2, 0) is 9.59 Å². The molecule has 2 amide bonds. The summed E-state index contributed by atoms with van der Waals surface area (Å²) in [5.41, 5.74) is 0. The van der Waals surface area contributed by atoms with Gasteiger partial charge in [-0.15, -0.1) is 0 Å². The third-order valence-electron chi connectivity index (χ3n) is 5.32. The van der Waals surface area contributed by atoms with Crippen molar-refractivity contribution in [1.29, 1.82) is 0 Å². The molecule has 0 aliphatic carbocycles. The van der Waals surface area contributed by atoms with Crippen molar-refractivity contribution in [3.8, 4) is 0 Å². The Labute approximate surface area is 155 Å². The molecule has 6 nitrogen and oxygen atoms in total. The zero-order chi connectivity index (χ0) is 18.5. The molecule has 2 fully saturated rings. The number of amides is 2. The largest absolute Gasteiger partial charge is 0.462 e. The van der Waals surface area contributed by atoms with Crippen LogP contribution in [0.1, 0.15) is 37.7 Å². The van der Waals surface area contributed by atoms with Crippen LogP contribution in [0.5, 0.6) is 0 Å². The van der Waals surface area contributed by atoms with E-state index in [1.807, 2.05) is 28.9 Å². The van der Waals surface area contributed by atoms with Gasteiger partial charge in [0.2, 0.25) is 11.8 Å². The Morgan fingerprint density at radius 3 is 2.58 bits per heavy atom. The summed E-state index contributed by atoms with van der Waals surface area (Å²) in [7, 11) is 0. The SMILES string of the molecule is Cc1ccc(C=CC(=O)N2CCN(CC(=O)N3CCCCC3C)CC2)o1. The normalized spacial score (nSPS) is 22.2. The van der Waals surface area contributed by atoms with Gasteiger partial charge >= 0.3 is 0 Å². The van der Waals surface area contributed by atoms with Crippen LogP contribution >= 0.6 is 0 Å². The average molecular weight is 359 g/mol. The molecule has 0 saturated carbocycles. The lowest BCUT2D eigenvalue weighted by molar-refractivity contribution is -0.136. The highest BCUT2D eigenvalue weighted by Gasteiger charge is 2.26. The maximum Gasteiger partial charge on any atom is 0.246 e. The topological polar surface area (TPSA) is 57.0 Å². The van der Waals surface area contributed by atoms with E-state index in [4.69, 9.17) is 4.42 Å². The van der Waals surface area contributed by atoms with Crippen LogP contribution in [0.3, 0.4) is 0 Å². The van der Waals surface area contributed by atoms with Gasteiger partial charge in [-0.3, -0.25) is 14.5 Å². The van der Waals surface area contributed by atoms with E-state index >= 15 is 0 Å². The maximum atomic E-state index is 12.5. The number of rotatable bonds is 4. The second-order valence-electron chi connectivity index (χ2n) is 7.32. The van der Waals surface area contributed by atoms with Gasteiger partial charge in [-0.1, -0.05) is 0 Å². The summed E-state index contributed by atoms with van der Waals surface area (Å²) in [6.45, 7) is 8.17. The smallest absolute Gasteiger partial charge is 0.246 e. The van der Waals surface area contributed by atoms with Crippen LogP contribution in [0.15, 0.2) is 22.6 Å². The van der Waals surface area contributed by atoms with E-state index in [1.165, 1.54) is 6.42 Å². The molecule has 26 heavy (non-hydrogen) atoms. The van der Waals surface area contributed by atoms with Gasteiger partial charge in [0.15, 0.2) is 0 Å². The third-order valence-corrected chi connectivity index (χ3v) is 5.32. The molecule has 2 aliphatic rings. The minimum atomic E-state index is -0.00492. The Morgan fingerprint density at radius 1 is 1.15 bits per heavy atom. The van der Waals surface area contributed by atoms with Crippen LogP contribution in [0.4, 0.5) is 0 Å². The van der Waals surface area contributed by atoms with E-state index in [1.54, 1.807) is 12.2 Å². The minimum absolute atomic E-state index is 0.00492. The van der Waals surface area contributed by atoms with Crippen LogP contribution in [-0.4, -0.2) is 71.8 Å². The van der Waals surface area contributed by atoms with Gasteiger partial charge in [-0.25, -0.2) is 0 Å². The average Bonchev–Trinajstić information content (AvgIpc) is 3.06. The molecule has 3 heterocycles. The van der Waals surface area contributed by atoms with Crippen molar-refractivity contribution in [3.63, 3.8) is 0 Å². The lowest BCUT2D eigenvalue weighted by Crippen LogP contribution is -2.52. The van der Waals surface area contributed by atoms with Crippen molar-refractivity contribution in [2.45, 2.75) is 39.2 Å². The summed E-state index contributed by atoms with van der Waals surface area (Å²) in [6.07, 6.45) is 6.71. The molecule has 0 bridgehead atoms. The number of piperazine rings is 1. The fourth-order valence-corrected chi connectivity index (χ4v) is 3.68. The van der Waals surface area contributed by atoms with Crippen molar-refractivity contribution in [1.82, 2.24) is 14.7 Å². The van der Waals surface area contributed by atoms with Crippen molar-refractivity contribution in [2.24, 2.45) is 0 Å². The van der Waals surface area contributed by atoms with Gasteiger partial charge < -0.3 is 14.2 Å². The van der Waals surface area contributed by atoms with Gasteiger partial charge in [0.1, 0.15) is 11.5 Å². The number of furan rings is 1. The van der Waals surface area contributed by atoms with Gasteiger partial charge in [0.25, 0.3) is 0 Å². The molecule has 3 rings (SSSR count). The van der Waals surface area contributed by atoms with E-state index in [2.05, 4.69) is 11.8 Å². The molecule has 6 heteroatoms. The summed E-state index contributed by atoms with van der Waals surface area (Å²) in [5, 5.41) is 0. The number of likely N-dealkylation sites (tertiary alicyclic amines) is 1. The first kappa shape index (κ1) is 18.7. The van der Waals surface area contributed by atoms with E-state index in [-0.39, 0.29) is 11.8 Å². The Bertz CT molecular complexity index is 659. The molecule has 142 valence electrons. The molecule has 1 unspecified atom stereocenters. The number of aryl methyl sites for hydroxylation is 1. The first-order chi connectivity index (χ1) is 12.5. The minimum Gasteiger partial charge on any atom is -0.462 e. The number of piperidine rings is 1. The summed E-state index contributed by atoms with van der Waals surface area (Å²) in [6, 6.07) is 4.09. The fraction of sp³-hybridized carbons (Fsp3) is 0.600. The molecule has 2 saturated heterocycles. The predicted molar refractivity (Wildman–Crippen MR) is 101 cm³/mol. The molecular formula is C20H29N3O3. The van der Waals surface area contributed by atoms with Gasteiger partial charge in [-0.2, -0.15) is 0 Å². The summed E-state index contributed by atoms with van der Waals surface area (Å²) in [5.74, 6) is 1.74. The highest BCUT2D eigenvalue weighted by molar-refractivity contribution is 5.91. The fourth-order valence-electron chi connectivity index (χ4n) is 3.68. The molecule has 0 aromatic carbocycles. The number of carbonyl (C=O) groups is 2. The Kier molecular flexibility index (Phi) is 6.14. The molecule has 1 atom stereocenters. The first-order valence-electron chi connectivity index (χ1n) is 9.58. The van der Waals surface area contributed by atoms with Crippen molar-refractivity contribution in [2.75, 3.05) is 39.3 Å². The second-order valence-corrected chi connectivity index (χ2v) is 7.32. The highest BCUT2D eigenvalue weighted by Crippen LogP contribution is 2.17. The van der Waals surface area contributed by atoms with Crippen LogP contribution < -0.4 is 0 Å². The first-order valence-corrected chi connectivity index (χ1v) is 9.58. The summed E-state index contributed by atoms with van der Waals surface area (Å²) < 4.78 is 5.44. The molecule has 1 aromatic rings. The van der Waals surface area contributed by atoms with E-state index in [0.29, 0.717) is 31.4 Å². The van der Waals surface area contributed by atoms with E-state index in [0.717, 1.165) is 38.2 Å². The van der Waals surface area contributed by atoms with E-state index in [9.17, 15) is 9.59 Å². The van der Waals surface area contributed by atoms with Gasteiger partial charge in [0.05, 0.1) is 6.54 Å². The molecule has 0 radical (unpaired) electrons. The monoisotopic (exact) mass is 359 g/mol. The standard InChI is InChI=1S/C20H29N3O3/c1-16-5-3-4-10-23(16)20(25)15-21-11-13-22(14-12-21)19(24)9-8-18-7-6-17(2)26-18/h6-9,16H,3-5,10-15H2,1-2H3. The van der Waals surface area contributed by atoms with Crippen molar-refractivity contribution < 1.29 is 14.0 Å². The molecular weight excluding hydrogens is 330 g/mol. The Morgan fingerprint density at radius 2 is 1.92 bits per heavy atom. The maximum absolute atomic E-state index is 12.5.